The zero-order chi connectivity index (χ0) is 17.6. The highest BCUT2D eigenvalue weighted by molar-refractivity contribution is 7.85. The predicted octanol–water partition coefficient (Wildman–Crippen LogP) is 3.45. The molecule has 24 heavy (non-hydrogen) atoms. The van der Waals surface area contributed by atoms with Crippen molar-refractivity contribution in [1.29, 1.82) is 0 Å². The van der Waals surface area contributed by atoms with Crippen molar-refractivity contribution < 1.29 is 17.5 Å². The van der Waals surface area contributed by atoms with E-state index in [1.807, 2.05) is 32.4 Å². The van der Waals surface area contributed by atoms with Crippen LogP contribution in [-0.4, -0.2) is 13.0 Å². The normalized spacial score (nSPS) is 11.9. The zero-order valence-electron chi connectivity index (χ0n) is 14.1. The Kier molecular flexibility index (Phi) is 3.94. The van der Waals surface area contributed by atoms with Crippen LogP contribution >= 0.6 is 0 Å². The molecule has 0 N–H and O–H groups in total. The minimum Gasteiger partial charge on any atom is -0.744 e. The quantitative estimate of drug-likeness (QED) is 0.407. The SMILES string of the molecule is CC(C)=Cc1c2ccc(C)cc2[n+](C)c2cc(S(=O)(=O)[O-])ccc12. The van der Waals surface area contributed by atoms with Crippen molar-refractivity contribution in [2.45, 2.75) is 25.7 Å². The van der Waals surface area contributed by atoms with Crippen molar-refractivity contribution in [2.24, 2.45) is 7.05 Å². The van der Waals surface area contributed by atoms with E-state index < -0.39 is 10.1 Å². The Balaban J connectivity index is 2.57. The molecule has 3 rings (SSSR count). The standard InChI is InChI=1S/C19H19NO3S/c1-12(2)9-17-15-7-5-13(3)10-18(15)20(4)19-11-14(24(21,22)23)6-8-16(17)19/h5-11H,1-4H3. The van der Waals surface area contributed by atoms with Gasteiger partial charge in [-0.25, -0.2) is 8.42 Å². The monoisotopic (exact) mass is 341 g/mol. The van der Waals surface area contributed by atoms with Gasteiger partial charge in [-0.1, -0.05) is 17.7 Å². The van der Waals surface area contributed by atoms with Crippen LogP contribution in [0.3, 0.4) is 0 Å². The molecule has 0 bridgehead atoms. The highest BCUT2D eigenvalue weighted by atomic mass is 32.2. The van der Waals surface area contributed by atoms with Gasteiger partial charge in [0, 0.05) is 17.7 Å². The van der Waals surface area contributed by atoms with Crippen LogP contribution in [-0.2, 0) is 17.2 Å². The number of rotatable bonds is 2. The summed E-state index contributed by atoms with van der Waals surface area (Å²) in [5.41, 5.74) is 5.02. The fourth-order valence-corrected chi connectivity index (χ4v) is 3.53. The molecule has 124 valence electrons. The average Bonchev–Trinajstić information content (AvgIpc) is 2.49. The topological polar surface area (TPSA) is 61.1 Å². The molecular weight excluding hydrogens is 322 g/mol. The number of hydrogen-bond acceptors (Lipinski definition) is 3. The Hall–Kier alpha value is -2.24. The van der Waals surface area contributed by atoms with Crippen LogP contribution in [0.5, 0.6) is 0 Å². The number of aryl methyl sites for hydroxylation is 2. The highest BCUT2D eigenvalue weighted by Crippen LogP contribution is 2.29. The molecule has 1 aromatic heterocycles. The van der Waals surface area contributed by atoms with E-state index in [0.29, 0.717) is 0 Å². The maximum absolute atomic E-state index is 11.4. The summed E-state index contributed by atoms with van der Waals surface area (Å²) in [6.07, 6.45) is 2.09. The maximum Gasteiger partial charge on any atom is 0.214 e. The van der Waals surface area contributed by atoms with E-state index in [1.54, 1.807) is 6.07 Å². The van der Waals surface area contributed by atoms with Crippen molar-refractivity contribution in [3.63, 3.8) is 0 Å². The van der Waals surface area contributed by atoms with Gasteiger partial charge in [-0.15, -0.1) is 0 Å². The lowest BCUT2D eigenvalue weighted by Gasteiger charge is -2.11. The lowest BCUT2D eigenvalue weighted by atomic mass is 9.99. The first kappa shape index (κ1) is 16.6. The van der Waals surface area contributed by atoms with Crippen molar-refractivity contribution in [1.82, 2.24) is 0 Å². The molecule has 1 heterocycles. The summed E-state index contributed by atoms with van der Waals surface area (Å²) in [5.74, 6) is 0. The third-order valence-electron chi connectivity index (χ3n) is 4.15. The summed E-state index contributed by atoms with van der Waals surface area (Å²) in [6.45, 7) is 6.06. The van der Waals surface area contributed by atoms with E-state index in [4.69, 9.17) is 0 Å². The number of allylic oxidation sites excluding steroid dienone is 1. The van der Waals surface area contributed by atoms with Crippen molar-refractivity contribution in [2.75, 3.05) is 0 Å². The molecule has 0 spiro atoms. The second-order valence-corrected chi connectivity index (χ2v) is 7.73. The highest BCUT2D eigenvalue weighted by Gasteiger charge is 2.18. The Labute approximate surface area is 141 Å². The summed E-state index contributed by atoms with van der Waals surface area (Å²) >= 11 is 0. The Morgan fingerprint density at radius 2 is 1.62 bits per heavy atom. The summed E-state index contributed by atoms with van der Waals surface area (Å²) in [4.78, 5) is -0.208. The fourth-order valence-electron chi connectivity index (χ4n) is 3.04. The second kappa shape index (κ2) is 5.69. The van der Waals surface area contributed by atoms with Crippen LogP contribution in [0.1, 0.15) is 25.0 Å². The molecule has 4 nitrogen and oxygen atoms in total. The van der Waals surface area contributed by atoms with Gasteiger partial charge in [-0.3, -0.25) is 0 Å². The first-order chi connectivity index (χ1) is 11.2. The van der Waals surface area contributed by atoms with Gasteiger partial charge in [-0.05, 0) is 44.5 Å². The molecular formula is C19H19NO3S. The van der Waals surface area contributed by atoms with Gasteiger partial charge in [0.05, 0.1) is 15.7 Å². The first-order valence-electron chi connectivity index (χ1n) is 7.65. The first-order valence-corrected chi connectivity index (χ1v) is 9.06. The van der Waals surface area contributed by atoms with Gasteiger partial charge >= 0.3 is 0 Å². The van der Waals surface area contributed by atoms with Crippen molar-refractivity contribution in [3.8, 4) is 0 Å². The van der Waals surface area contributed by atoms with E-state index in [2.05, 4.69) is 24.3 Å². The largest absolute Gasteiger partial charge is 0.744 e. The summed E-state index contributed by atoms with van der Waals surface area (Å²) in [6, 6.07) is 10.8. The van der Waals surface area contributed by atoms with Crippen LogP contribution in [0.4, 0.5) is 0 Å². The van der Waals surface area contributed by atoms with Crippen LogP contribution in [0.25, 0.3) is 27.9 Å². The molecule has 2 aromatic carbocycles. The molecule has 3 aromatic rings. The molecule has 0 aliphatic rings. The minimum absolute atomic E-state index is 0.208. The summed E-state index contributed by atoms with van der Waals surface area (Å²) < 4.78 is 36.1. The predicted molar refractivity (Wildman–Crippen MR) is 94.7 cm³/mol. The lowest BCUT2D eigenvalue weighted by molar-refractivity contribution is -0.617. The van der Waals surface area contributed by atoms with E-state index in [9.17, 15) is 13.0 Å². The number of aromatic nitrogens is 1. The number of pyridine rings is 1. The number of fused-ring (bicyclic) bond motifs is 2. The third-order valence-corrected chi connectivity index (χ3v) is 4.98. The Bertz CT molecular complexity index is 1110. The van der Waals surface area contributed by atoms with Gasteiger partial charge in [0.15, 0.2) is 0 Å². The van der Waals surface area contributed by atoms with Crippen LogP contribution in [0.15, 0.2) is 46.9 Å². The van der Waals surface area contributed by atoms with Crippen LogP contribution in [0, 0.1) is 6.92 Å². The fraction of sp³-hybridized carbons (Fsp3) is 0.211. The summed E-state index contributed by atoms with van der Waals surface area (Å²) in [5, 5.41) is 2.01. The average molecular weight is 341 g/mol. The smallest absolute Gasteiger partial charge is 0.214 e. The third kappa shape index (κ3) is 2.81. The van der Waals surface area contributed by atoms with E-state index in [0.717, 1.165) is 38.5 Å². The molecule has 0 saturated heterocycles. The molecule has 0 unspecified atom stereocenters. The second-order valence-electron chi connectivity index (χ2n) is 6.35. The van der Waals surface area contributed by atoms with Gasteiger partial charge in [-0.2, -0.15) is 4.57 Å². The van der Waals surface area contributed by atoms with E-state index >= 15 is 0 Å². The molecule has 0 fully saturated rings. The molecule has 0 saturated carbocycles. The van der Waals surface area contributed by atoms with Gasteiger partial charge in [0.2, 0.25) is 11.0 Å². The molecule has 0 amide bonds. The minimum atomic E-state index is -4.49. The van der Waals surface area contributed by atoms with E-state index in [1.165, 1.54) is 12.1 Å². The van der Waals surface area contributed by atoms with Gasteiger partial charge < -0.3 is 4.55 Å². The van der Waals surface area contributed by atoms with Crippen LogP contribution < -0.4 is 4.57 Å². The van der Waals surface area contributed by atoms with Crippen molar-refractivity contribution >= 4 is 38.0 Å². The number of benzene rings is 2. The molecule has 0 radical (unpaired) electrons. The van der Waals surface area contributed by atoms with Gasteiger partial charge in [0.25, 0.3) is 0 Å². The van der Waals surface area contributed by atoms with Crippen LogP contribution in [0.2, 0.25) is 0 Å². The Morgan fingerprint density at radius 1 is 1.04 bits per heavy atom. The maximum atomic E-state index is 11.4. The summed E-state index contributed by atoms with van der Waals surface area (Å²) in [7, 11) is -2.60. The zero-order valence-corrected chi connectivity index (χ0v) is 14.9. The molecule has 0 aliphatic heterocycles. The molecule has 0 aliphatic carbocycles. The lowest BCUT2D eigenvalue weighted by Crippen LogP contribution is -2.30. The number of hydrogen-bond donors (Lipinski definition) is 0. The molecule has 0 atom stereocenters. The number of nitrogens with zero attached hydrogens (tertiary/aromatic N) is 1. The van der Waals surface area contributed by atoms with Crippen molar-refractivity contribution in [3.05, 3.63) is 53.1 Å². The molecule has 5 heteroatoms. The van der Waals surface area contributed by atoms with Gasteiger partial charge in [0.1, 0.15) is 17.2 Å². The Morgan fingerprint density at radius 3 is 2.21 bits per heavy atom. The van der Waals surface area contributed by atoms with E-state index in [-0.39, 0.29) is 4.90 Å².